The van der Waals surface area contributed by atoms with E-state index in [0.717, 1.165) is 43.4 Å². The summed E-state index contributed by atoms with van der Waals surface area (Å²) >= 11 is 1.75. The Balaban J connectivity index is 0.00000423. The van der Waals surface area contributed by atoms with Gasteiger partial charge in [-0.05, 0) is 62.2 Å². The number of hydrogen-bond acceptors (Lipinski definition) is 9. The summed E-state index contributed by atoms with van der Waals surface area (Å²) < 4.78 is 33.8. The van der Waals surface area contributed by atoms with Crippen LogP contribution in [0, 0.1) is 13.8 Å². The largest absolute Gasteiger partial charge is 0.450 e. The zero-order valence-corrected chi connectivity index (χ0v) is 27.2. The molecule has 0 spiro atoms. The maximum Gasteiger partial charge on any atom is 0.409 e. The number of rotatable bonds is 8. The van der Waals surface area contributed by atoms with Crippen LogP contribution in [0.25, 0.3) is 10.2 Å². The molecule has 2 amide bonds. The minimum atomic E-state index is -3.73. The van der Waals surface area contributed by atoms with Gasteiger partial charge in [0.1, 0.15) is 0 Å². The predicted molar refractivity (Wildman–Crippen MR) is 171 cm³/mol. The van der Waals surface area contributed by atoms with Gasteiger partial charge in [-0.1, -0.05) is 17.4 Å². The van der Waals surface area contributed by atoms with Crippen molar-refractivity contribution in [3.63, 3.8) is 0 Å². The zero-order chi connectivity index (χ0) is 29.9. The summed E-state index contributed by atoms with van der Waals surface area (Å²) in [6.07, 6.45) is -0.429. The highest BCUT2D eigenvalue weighted by Crippen LogP contribution is 2.32. The van der Waals surface area contributed by atoms with Crippen LogP contribution in [0.3, 0.4) is 0 Å². The second-order valence-corrected chi connectivity index (χ2v) is 13.5. The number of sulfonamides is 1. The van der Waals surface area contributed by atoms with Crippen LogP contribution in [-0.2, 0) is 14.8 Å². The number of thiazole rings is 1. The molecule has 3 aromatic rings. The maximum absolute atomic E-state index is 13.1. The van der Waals surface area contributed by atoms with E-state index in [1.165, 1.54) is 49.3 Å². The molecule has 0 radical (unpaired) electrons. The van der Waals surface area contributed by atoms with Crippen molar-refractivity contribution < 1.29 is 22.7 Å². The molecule has 5 rings (SSSR count). The van der Waals surface area contributed by atoms with Gasteiger partial charge >= 0.3 is 6.09 Å². The van der Waals surface area contributed by atoms with Crippen LogP contribution < -0.4 is 10.2 Å². The van der Waals surface area contributed by atoms with Crippen LogP contribution in [0.2, 0.25) is 0 Å². The summed E-state index contributed by atoms with van der Waals surface area (Å²) in [4.78, 5) is 35.8. The molecule has 0 atom stereocenters. The summed E-state index contributed by atoms with van der Waals surface area (Å²) in [6.45, 7) is 12.0. The lowest BCUT2D eigenvalue weighted by atomic mass is 10.1. The number of anilines is 1. The minimum absolute atomic E-state index is 0. The molecule has 3 heterocycles. The molecule has 0 aliphatic carbocycles. The summed E-state index contributed by atoms with van der Waals surface area (Å²) in [7, 11) is -3.73. The number of aryl methyl sites for hydroxylation is 2. The highest BCUT2D eigenvalue weighted by molar-refractivity contribution is 7.89. The summed E-state index contributed by atoms with van der Waals surface area (Å²) in [5, 5.41) is 4.02. The van der Waals surface area contributed by atoms with Gasteiger partial charge in [0.25, 0.3) is 5.91 Å². The standard InChI is InChI=1S/C29H38N6O5S2.ClH/c1-4-40-29(37)34-15-17-35(18-16-34)42(38,39)24-7-5-23(6-8-24)27(36)30-9-10-32-11-13-33(14-12-32)28-31-25-20-21(2)19-22(3)26(25)41-28;/h5-8,19-20H,4,9-18H2,1-3H3,(H,30,36);1H. The number of benzene rings is 2. The molecule has 2 aliphatic rings. The van der Waals surface area contributed by atoms with Crippen molar-refractivity contribution in [1.82, 2.24) is 24.4 Å². The molecule has 234 valence electrons. The van der Waals surface area contributed by atoms with Crippen molar-refractivity contribution in [2.24, 2.45) is 0 Å². The highest BCUT2D eigenvalue weighted by Gasteiger charge is 2.30. The predicted octanol–water partition coefficient (Wildman–Crippen LogP) is 3.35. The third-order valence-electron chi connectivity index (χ3n) is 7.68. The Morgan fingerprint density at radius 2 is 1.65 bits per heavy atom. The molecule has 43 heavy (non-hydrogen) atoms. The molecule has 11 nitrogen and oxygen atoms in total. The Hall–Kier alpha value is -2.97. The summed E-state index contributed by atoms with van der Waals surface area (Å²) in [5.74, 6) is -0.235. The van der Waals surface area contributed by atoms with E-state index in [2.05, 4.69) is 41.1 Å². The molecule has 0 bridgehead atoms. The molecule has 1 aromatic heterocycles. The molecular weight excluding hydrogens is 612 g/mol. The van der Waals surface area contributed by atoms with E-state index in [1.54, 1.807) is 18.3 Å². The monoisotopic (exact) mass is 650 g/mol. The Kier molecular flexibility index (Phi) is 10.9. The van der Waals surface area contributed by atoms with E-state index in [-0.39, 0.29) is 56.0 Å². The van der Waals surface area contributed by atoms with Gasteiger partial charge in [0, 0.05) is 71.0 Å². The van der Waals surface area contributed by atoms with Gasteiger partial charge in [-0.3, -0.25) is 9.69 Å². The number of ether oxygens (including phenoxy) is 1. The van der Waals surface area contributed by atoms with Crippen molar-refractivity contribution in [3.8, 4) is 0 Å². The lowest BCUT2D eigenvalue weighted by Gasteiger charge is -2.34. The van der Waals surface area contributed by atoms with Crippen LogP contribution in [0.1, 0.15) is 28.4 Å². The number of amides is 2. The number of fused-ring (bicyclic) bond motifs is 1. The molecule has 0 unspecified atom stereocenters. The normalized spacial score (nSPS) is 16.6. The van der Waals surface area contributed by atoms with E-state index < -0.39 is 16.1 Å². The number of carbonyl (C=O) groups excluding carboxylic acids is 2. The molecule has 2 fully saturated rings. The minimum Gasteiger partial charge on any atom is -0.450 e. The number of hydrogen-bond donors (Lipinski definition) is 1. The number of piperazine rings is 2. The van der Waals surface area contributed by atoms with Crippen LogP contribution in [0.4, 0.5) is 9.93 Å². The van der Waals surface area contributed by atoms with Crippen molar-refractivity contribution in [1.29, 1.82) is 0 Å². The number of carbonyl (C=O) groups is 2. The molecular formula is C29H39ClN6O5S2. The fraction of sp³-hybridized carbons (Fsp3) is 0.483. The lowest BCUT2D eigenvalue weighted by molar-refractivity contribution is 0.0932. The molecule has 0 saturated carbocycles. The van der Waals surface area contributed by atoms with Gasteiger partial charge in [0.15, 0.2) is 5.13 Å². The first-order chi connectivity index (χ1) is 20.2. The first-order valence-electron chi connectivity index (χ1n) is 14.3. The van der Waals surface area contributed by atoms with E-state index in [0.29, 0.717) is 12.1 Å². The zero-order valence-electron chi connectivity index (χ0n) is 24.7. The fourth-order valence-corrected chi connectivity index (χ4v) is 7.84. The Morgan fingerprint density at radius 3 is 2.30 bits per heavy atom. The van der Waals surface area contributed by atoms with Crippen LogP contribution in [-0.4, -0.2) is 112 Å². The second kappa shape index (κ2) is 14.2. The van der Waals surface area contributed by atoms with Crippen LogP contribution in [0.5, 0.6) is 0 Å². The third-order valence-corrected chi connectivity index (χ3v) is 10.9. The van der Waals surface area contributed by atoms with Gasteiger partial charge in [-0.2, -0.15) is 4.31 Å². The first-order valence-corrected chi connectivity index (χ1v) is 16.6. The summed E-state index contributed by atoms with van der Waals surface area (Å²) in [6, 6.07) is 10.3. The van der Waals surface area contributed by atoms with Crippen LogP contribution >= 0.6 is 23.7 Å². The van der Waals surface area contributed by atoms with E-state index in [4.69, 9.17) is 9.72 Å². The van der Waals surface area contributed by atoms with Crippen molar-refractivity contribution in [2.75, 3.05) is 77.0 Å². The molecule has 14 heteroatoms. The average molecular weight is 651 g/mol. The van der Waals surface area contributed by atoms with Gasteiger partial charge < -0.3 is 19.9 Å². The lowest BCUT2D eigenvalue weighted by Crippen LogP contribution is -2.50. The SMILES string of the molecule is CCOC(=O)N1CCN(S(=O)(=O)c2ccc(C(=O)NCCN3CCN(c4nc5cc(C)cc(C)c5s4)CC3)cc2)CC1.Cl. The number of nitrogens with zero attached hydrogens (tertiary/aromatic N) is 5. The molecule has 2 saturated heterocycles. The van der Waals surface area contributed by atoms with Crippen molar-refractivity contribution in [3.05, 3.63) is 53.1 Å². The maximum atomic E-state index is 13.1. The van der Waals surface area contributed by atoms with Crippen LogP contribution in [0.15, 0.2) is 41.3 Å². The number of aromatic nitrogens is 1. The van der Waals surface area contributed by atoms with Crippen molar-refractivity contribution >= 4 is 61.1 Å². The molecule has 2 aliphatic heterocycles. The Morgan fingerprint density at radius 1 is 0.977 bits per heavy atom. The summed E-state index contributed by atoms with van der Waals surface area (Å²) in [5.41, 5.74) is 3.97. The molecule has 2 aromatic carbocycles. The van der Waals surface area contributed by atoms with Gasteiger partial charge in [0.05, 0.1) is 21.7 Å². The number of halogens is 1. The first kappa shape index (κ1) is 32.9. The molecule has 1 N–H and O–H groups in total. The number of nitrogens with one attached hydrogen (secondary N) is 1. The van der Waals surface area contributed by atoms with Gasteiger partial charge in [-0.25, -0.2) is 18.2 Å². The smallest absolute Gasteiger partial charge is 0.409 e. The van der Waals surface area contributed by atoms with E-state index in [9.17, 15) is 18.0 Å². The Bertz CT molecular complexity index is 1530. The quantitative estimate of drug-likeness (QED) is 0.395. The highest BCUT2D eigenvalue weighted by atomic mass is 35.5. The topological polar surface area (TPSA) is 115 Å². The van der Waals surface area contributed by atoms with Gasteiger partial charge in [-0.15, -0.1) is 12.4 Å². The Labute approximate surface area is 263 Å². The van der Waals surface area contributed by atoms with Gasteiger partial charge in [0.2, 0.25) is 10.0 Å². The van der Waals surface area contributed by atoms with Crippen molar-refractivity contribution in [2.45, 2.75) is 25.7 Å². The third kappa shape index (κ3) is 7.58. The van der Waals surface area contributed by atoms with E-state index >= 15 is 0 Å². The average Bonchev–Trinajstić information content (AvgIpc) is 3.42. The second-order valence-electron chi connectivity index (χ2n) is 10.6. The fourth-order valence-electron chi connectivity index (χ4n) is 5.35. The van der Waals surface area contributed by atoms with E-state index in [1.807, 2.05) is 0 Å².